The molecule has 3 nitrogen and oxygen atoms in total. The van der Waals surface area contributed by atoms with Crippen molar-refractivity contribution < 1.29 is 4.79 Å². The lowest BCUT2D eigenvalue weighted by Gasteiger charge is -2.20. The van der Waals surface area contributed by atoms with Crippen LogP contribution in [-0.2, 0) is 4.79 Å². The van der Waals surface area contributed by atoms with Crippen molar-refractivity contribution in [3.05, 3.63) is 23.3 Å². The molecule has 0 radical (unpaired) electrons. The van der Waals surface area contributed by atoms with E-state index < -0.39 is 0 Å². The fourth-order valence-corrected chi connectivity index (χ4v) is 1.67. The Labute approximate surface area is 82.2 Å². The first-order valence-electron chi connectivity index (χ1n) is 3.99. The van der Waals surface area contributed by atoms with Crippen molar-refractivity contribution in [2.45, 2.75) is 6.92 Å². The van der Waals surface area contributed by atoms with Crippen molar-refractivity contribution in [3.8, 4) is 0 Å². The first kappa shape index (κ1) is 10.1. The number of aliphatic imine (C=N–C) groups is 1. The van der Waals surface area contributed by atoms with Gasteiger partial charge in [-0.25, -0.2) is 4.99 Å². The van der Waals surface area contributed by atoms with Gasteiger partial charge in [0.15, 0.2) is 0 Å². The molecule has 1 amide bonds. The molecular formula is C9H12N2OS. The highest BCUT2D eigenvalue weighted by Crippen LogP contribution is 2.17. The summed E-state index contributed by atoms with van der Waals surface area (Å²) < 4.78 is 0. The van der Waals surface area contributed by atoms with Crippen LogP contribution in [0.1, 0.15) is 6.92 Å². The molecule has 1 rings (SSSR count). The molecule has 0 unspecified atom stereocenters. The third-order valence-corrected chi connectivity index (χ3v) is 2.56. The number of amidine groups is 1. The maximum absolute atomic E-state index is 10.7. The van der Waals surface area contributed by atoms with E-state index in [1.54, 1.807) is 22.9 Å². The largest absolute Gasteiger partial charge is 0.295 e. The molecule has 1 aliphatic heterocycles. The molecule has 0 aromatic carbocycles. The lowest BCUT2D eigenvalue weighted by Crippen LogP contribution is -2.32. The highest BCUT2D eigenvalue weighted by molar-refractivity contribution is 8.03. The van der Waals surface area contributed by atoms with E-state index in [1.165, 1.54) is 0 Å². The van der Waals surface area contributed by atoms with E-state index in [2.05, 4.69) is 4.99 Å². The summed E-state index contributed by atoms with van der Waals surface area (Å²) in [6.45, 7) is 2.55. The van der Waals surface area contributed by atoms with Crippen LogP contribution in [0, 0.1) is 0 Å². The second kappa shape index (κ2) is 4.87. The summed E-state index contributed by atoms with van der Waals surface area (Å²) in [5, 5.41) is 0. The van der Waals surface area contributed by atoms with Gasteiger partial charge in [-0.1, -0.05) is 6.08 Å². The average molecular weight is 196 g/mol. The highest BCUT2D eigenvalue weighted by Gasteiger charge is 2.14. The molecule has 4 heteroatoms. The molecule has 0 spiro atoms. The molecule has 70 valence electrons. The predicted molar refractivity (Wildman–Crippen MR) is 56.6 cm³/mol. The molecule has 0 saturated heterocycles. The lowest BCUT2D eigenvalue weighted by molar-refractivity contribution is -0.114. The number of thioether (sulfide) groups is 1. The number of amides is 1. The lowest BCUT2D eigenvalue weighted by atomic mass is 10.3. The summed E-state index contributed by atoms with van der Waals surface area (Å²) in [7, 11) is 0. The number of allylic oxidation sites excluding steroid dienone is 1. The molecule has 1 heterocycles. The van der Waals surface area contributed by atoms with E-state index >= 15 is 0 Å². The van der Waals surface area contributed by atoms with Crippen molar-refractivity contribution in [2.75, 3.05) is 12.8 Å². The zero-order valence-corrected chi connectivity index (χ0v) is 8.54. The molecule has 0 aromatic rings. The van der Waals surface area contributed by atoms with E-state index in [0.29, 0.717) is 6.54 Å². The smallest absolute Gasteiger partial charge is 0.215 e. The van der Waals surface area contributed by atoms with Crippen molar-refractivity contribution in [1.82, 2.24) is 4.90 Å². The zero-order chi connectivity index (χ0) is 9.68. The van der Waals surface area contributed by atoms with Crippen LogP contribution >= 0.6 is 11.8 Å². The van der Waals surface area contributed by atoms with Crippen molar-refractivity contribution in [2.24, 2.45) is 4.99 Å². The van der Waals surface area contributed by atoms with Crippen LogP contribution in [0.5, 0.6) is 0 Å². The van der Waals surface area contributed by atoms with E-state index in [4.69, 9.17) is 0 Å². The first-order chi connectivity index (χ1) is 6.33. The molecule has 0 N–H and O–H groups in total. The molecule has 0 atom stereocenters. The topological polar surface area (TPSA) is 32.7 Å². The van der Waals surface area contributed by atoms with Crippen LogP contribution in [-0.4, -0.2) is 29.9 Å². The maximum atomic E-state index is 10.7. The van der Waals surface area contributed by atoms with Crippen LogP contribution < -0.4 is 0 Å². The van der Waals surface area contributed by atoms with Gasteiger partial charge in [-0.2, -0.15) is 0 Å². The fourth-order valence-electron chi connectivity index (χ4n) is 1.08. The van der Waals surface area contributed by atoms with Crippen molar-refractivity contribution in [1.29, 1.82) is 0 Å². The summed E-state index contributed by atoms with van der Waals surface area (Å²) in [4.78, 5) is 17.5. The quantitative estimate of drug-likeness (QED) is 0.643. The van der Waals surface area contributed by atoms with Crippen LogP contribution in [0.3, 0.4) is 0 Å². The van der Waals surface area contributed by atoms with E-state index in [9.17, 15) is 4.79 Å². The summed E-state index contributed by atoms with van der Waals surface area (Å²) in [6, 6.07) is 0. The van der Waals surface area contributed by atoms with Crippen molar-refractivity contribution in [3.63, 3.8) is 0 Å². The third kappa shape index (κ3) is 2.21. The van der Waals surface area contributed by atoms with E-state index in [-0.39, 0.29) is 0 Å². The predicted octanol–water partition coefficient (Wildman–Crippen LogP) is 1.64. The molecule has 1 aliphatic rings. The number of rotatable bonds is 3. The van der Waals surface area contributed by atoms with Gasteiger partial charge in [0.05, 0.1) is 0 Å². The highest BCUT2D eigenvalue weighted by atomic mass is 32.2. The Bertz CT molecular complexity index is 281. The molecular weight excluding hydrogens is 184 g/mol. The van der Waals surface area contributed by atoms with Crippen LogP contribution in [0.25, 0.3) is 0 Å². The number of hydrogen-bond donors (Lipinski definition) is 0. The van der Waals surface area contributed by atoms with Gasteiger partial charge >= 0.3 is 0 Å². The van der Waals surface area contributed by atoms with Gasteiger partial charge < -0.3 is 0 Å². The Balaban J connectivity index is 2.92. The van der Waals surface area contributed by atoms with E-state index in [0.717, 1.165) is 17.2 Å². The molecule has 0 saturated carbocycles. The monoisotopic (exact) mass is 196 g/mol. The van der Waals surface area contributed by atoms with Crippen LogP contribution in [0.15, 0.2) is 28.2 Å². The number of hydrogen-bond acceptors (Lipinski definition) is 3. The minimum atomic E-state index is 0.611. The maximum Gasteiger partial charge on any atom is 0.215 e. The molecule has 0 aromatic heterocycles. The second-order valence-corrected chi connectivity index (χ2v) is 3.30. The summed E-state index contributed by atoms with van der Waals surface area (Å²) >= 11 is 1.59. The Morgan fingerprint density at radius 2 is 2.54 bits per heavy atom. The first-order valence-corrected chi connectivity index (χ1v) is 5.21. The number of carbonyl (C=O) groups excluding carboxylic acids is 1. The molecule has 0 aliphatic carbocycles. The van der Waals surface area contributed by atoms with Crippen molar-refractivity contribution >= 4 is 24.0 Å². The SMILES string of the molecule is CC=C(SC)C1=NC=CCN1C=O. The average Bonchev–Trinajstić information content (AvgIpc) is 2.20. The fraction of sp³-hybridized carbons (Fsp3) is 0.333. The van der Waals surface area contributed by atoms with E-state index in [1.807, 2.05) is 25.3 Å². The summed E-state index contributed by atoms with van der Waals surface area (Å²) in [5.74, 6) is 0.743. The van der Waals surface area contributed by atoms with Gasteiger partial charge in [0.25, 0.3) is 0 Å². The standard InChI is InChI=1S/C9H12N2OS/c1-3-8(13-2)9-10-5-4-6-11(9)7-12/h3-5,7H,6H2,1-2H3. The van der Waals surface area contributed by atoms with Gasteiger partial charge in [0.1, 0.15) is 5.84 Å². The van der Waals surface area contributed by atoms with Gasteiger partial charge in [-0.05, 0) is 19.3 Å². The molecule has 13 heavy (non-hydrogen) atoms. The van der Waals surface area contributed by atoms with Gasteiger partial charge in [0, 0.05) is 17.6 Å². The van der Waals surface area contributed by atoms with Gasteiger partial charge in [-0.15, -0.1) is 11.8 Å². The normalized spacial score (nSPS) is 17.2. The second-order valence-electron chi connectivity index (χ2n) is 2.45. The number of nitrogens with zero attached hydrogens (tertiary/aromatic N) is 2. The minimum Gasteiger partial charge on any atom is -0.295 e. The summed E-state index contributed by atoms with van der Waals surface area (Å²) in [6.07, 6.45) is 8.32. The number of carbonyl (C=O) groups is 1. The van der Waals surface area contributed by atoms with Gasteiger partial charge in [0.2, 0.25) is 6.41 Å². The molecule has 0 bridgehead atoms. The van der Waals surface area contributed by atoms with Crippen LogP contribution in [0.4, 0.5) is 0 Å². The Morgan fingerprint density at radius 3 is 3.08 bits per heavy atom. The molecule has 0 fully saturated rings. The van der Waals surface area contributed by atoms with Crippen LogP contribution in [0.2, 0.25) is 0 Å². The third-order valence-electron chi connectivity index (χ3n) is 1.71. The zero-order valence-electron chi connectivity index (χ0n) is 7.73. The minimum absolute atomic E-state index is 0.611. The van der Waals surface area contributed by atoms with Gasteiger partial charge in [-0.3, -0.25) is 9.69 Å². The Kier molecular flexibility index (Phi) is 3.76. The summed E-state index contributed by atoms with van der Waals surface area (Å²) in [5.41, 5.74) is 0. The Hall–Kier alpha value is -1.03. The Morgan fingerprint density at radius 1 is 1.77 bits per heavy atom.